The molecule has 142 valence electrons. The number of methoxy groups -OCH3 is 3. The maximum atomic E-state index is 6.68. The average molecular weight is 424 g/mol. The van der Waals surface area contributed by atoms with Gasteiger partial charge in [0.1, 0.15) is 0 Å². The van der Waals surface area contributed by atoms with E-state index in [4.69, 9.17) is 18.9 Å². The lowest BCUT2D eigenvalue weighted by Gasteiger charge is -2.62. The van der Waals surface area contributed by atoms with Crippen LogP contribution in [0.2, 0.25) is 0 Å². The topological polar surface area (TPSA) is 40.2 Å². The summed E-state index contributed by atoms with van der Waals surface area (Å²) in [5, 5.41) is 0. The van der Waals surface area contributed by atoms with Crippen molar-refractivity contribution in [2.24, 2.45) is 5.92 Å². The molecule has 5 nitrogen and oxygen atoms in total. The largest absolute Gasteiger partial charge is 0.493 e. The van der Waals surface area contributed by atoms with Crippen molar-refractivity contribution in [1.82, 2.24) is 4.90 Å². The molecule has 26 heavy (non-hydrogen) atoms. The zero-order valence-corrected chi connectivity index (χ0v) is 17.3. The minimum atomic E-state index is -0.810. The molecule has 1 saturated carbocycles. The van der Waals surface area contributed by atoms with E-state index < -0.39 is 5.79 Å². The number of likely N-dealkylation sites (N-methyl/N-ethyl adjacent to an activating group) is 1. The van der Waals surface area contributed by atoms with Crippen LogP contribution >= 0.6 is 15.9 Å². The van der Waals surface area contributed by atoms with Crippen LogP contribution in [0, 0.1) is 5.92 Å². The summed E-state index contributed by atoms with van der Waals surface area (Å²) in [6, 6.07) is 4.80. The minimum Gasteiger partial charge on any atom is -0.493 e. The lowest BCUT2D eigenvalue weighted by atomic mass is 9.50. The summed E-state index contributed by atoms with van der Waals surface area (Å²) in [5.74, 6) is 1.42. The molecule has 2 aliphatic carbocycles. The maximum absolute atomic E-state index is 6.68. The van der Waals surface area contributed by atoms with Crippen LogP contribution in [0.25, 0.3) is 0 Å². The van der Waals surface area contributed by atoms with Gasteiger partial charge in [-0.3, -0.25) is 0 Å². The standard InChI is InChI=1S/C20H26BrNO4/c1-22-8-7-19-12-10-15(21)20(24-3,25-4)18(19)26-17-14(23-2)6-5-11(16(17)19)9-13(12)22/h5-6,12-13,15,18H,7-10H2,1-4H3/t12?,13-,15?,18?,19+/m0/s1. The average Bonchev–Trinajstić information content (AvgIpc) is 3.00. The quantitative estimate of drug-likeness (QED) is 0.552. The van der Waals surface area contributed by atoms with Crippen LogP contribution in [0.5, 0.6) is 11.5 Å². The Morgan fingerprint density at radius 1 is 1.23 bits per heavy atom. The summed E-state index contributed by atoms with van der Waals surface area (Å²) in [6.45, 7) is 1.06. The van der Waals surface area contributed by atoms with Gasteiger partial charge in [-0.2, -0.15) is 0 Å². The molecule has 1 spiro atoms. The Balaban J connectivity index is 1.80. The number of alkyl halides is 1. The van der Waals surface area contributed by atoms with Crippen molar-refractivity contribution < 1.29 is 18.9 Å². The maximum Gasteiger partial charge on any atom is 0.219 e. The molecule has 0 radical (unpaired) electrons. The molecule has 2 bridgehead atoms. The number of ether oxygens (including phenoxy) is 4. The second-order valence-electron chi connectivity index (χ2n) is 8.11. The van der Waals surface area contributed by atoms with Crippen molar-refractivity contribution in [3.63, 3.8) is 0 Å². The van der Waals surface area contributed by atoms with Gasteiger partial charge in [0, 0.05) is 31.2 Å². The smallest absolute Gasteiger partial charge is 0.219 e. The summed E-state index contributed by atoms with van der Waals surface area (Å²) < 4.78 is 24.4. The molecule has 6 heteroatoms. The first-order valence-corrected chi connectivity index (χ1v) is 10.3. The molecule has 2 aliphatic heterocycles. The predicted octanol–water partition coefficient (Wildman–Crippen LogP) is 2.73. The van der Waals surface area contributed by atoms with Gasteiger partial charge in [-0.15, -0.1) is 0 Å². The fourth-order valence-corrected chi connectivity index (χ4v) is 7.37. The first-order valence-electron chi connectivity index (χ1n) is 9.35. The van der Waals surface area contributed by atoms with Crippen molar-refractivity contribution >= 4 is 15.9 Å². The van der Waals surface area contributed by atoms with Crippen molar-refractivity contribution in [3.05, 3.63) is 23.3 Å². The number of hydrogen-bond acceptors (Lipinski definition) is 5. The molecular weight excluding hydrogens is 398 g/mol. The molecule has 4 aliphatic rings. The van der Waals surface area contributed by atoms with Crippen LogP contribution in [-0.2, 0) is 21.3 Å². The van der Waals surface area contributed by atoms with Gasteiger partial charge in [-0.25, -0.2) is 0 Å². The number of nitrogens with zero attached hydrogens (tertiary/aromatic N) is 1. The van der Waals surface area contributed by atoms with Crippen molar-refractivity contribution in [3.8, 4) is 11.5 Å². The Morgan fingerprint density at radius 2 is 2.00 bits per heavy atom. The molecule has 5 atom stereocenters. The molecule has 5 rings (SSSR count). The van der Waals surface area contributed by atoms with Crippen molar-refractivity contribution in [2.75, 3.05) is 34.9 Å². The first-order chi connectivity index (χ1) is 12.5. The molecular formula is C20H26BrNO4. The summed E-state index contributed by atoms with van der Waals surface area (Å²) in [4.78, 5) is 2.61. The minimum absolute atomic E-state index is 0.0731. The Hall–Kier alpha value is -0.820. The summed E-state index contributed by atoms with van der Waals surface area (Å²) in [5.41, 5.74) is 2.67. The third-order valence-corrected chi connectivity index (χ3v) is 8.51. The van der Waals surface area contributed by atoms with Crippen molar-refractivity contribution in [1.29, 1.82) is 0 Å². The lowest BCUT2D eigenvalue weighted by Crippen LogP contribution is -2.73. The van der Waals surface area contributed by atoms with Crippen LogP contribution in [0.1, 0.15) is 24.0 Å². The van der Waals surface area contributed by atoms with E-state index in [1.54, 1.807) is 21.3 Å². The van der Waals surface area contributed by atoms with E-state index in [1.807, 2.05) is 6.07 Å². The van der Waals surface area contributed by atoms with E-state index in [1.165, 1.54) is 11.1 Å². The van der Waals surface area contributed by atoms with E-state index in [-0.39, 0.29) is 16.3 Å². The van der Waals surface area contributed by atoms with E-state index in [0.717, 1.165) is 37.3 Å². The second kappa shape index (κ2) is 5.60. The van der Waals surface area contributed by atoms with Crippen LogP contribution in [-0.4, -0.2) is 62.6 Å². The molecule has 1 aromatic carbocycles. The summed E-state index contributed by atoms with van der Waals surface area (Å²) >= 11 is 3.90. The molecule has 3 unspecified atom stereocenters. The van der Waals surface area contributed by atoms with Gasteiger partial charge >= 0.3 is 0 Å². The van der Waals surface area contributed by atoms with Crippen LogP contribution < -0.4 is 9.47 Å². The SMILES string of the molecule is COc1ccc2c3c1OC1C(OC)(OC)C(Br)CC4[C@H](C2)N(C)CC[C@]341. The Morgan fingerprint density at radius 3 is 2.69 bits per heavy atom. The monoisotopic (exact) mass is 423 g/mol. The van der Waals surface area contributed by atoms with Gasteiger partial charge in [-0.1, -0.05) is 22.0 Å². The highest BCUT2D eigenvalue weighted by molar-refractivity contribution is 9.09. The molecule has 0 N–H and O–H groups in total. The van der Waals surface area contributed by atoms with Gasteiger partial charge in [0.2, 0.25) is 5.79 Å². The third-order valence-electron chi connectivity index (χ3n) is 7.50. The van der Waals surface area contributed by atoms with Crippen LogP contribution in [0.4, 0.5) is 0 Å². The number of hydrogen-bond donors (Lipinski definition) is 0. The van der Waals surface area contributed by atoms with Gasteiger partial charge in [-0.05, 0) is 50.4 Å². The lowest BCUT2D eigenvalue weighted by molar-refractivity contribution is -0.286. The number of halogens is 1. The molecule has 1 saturated heterocycles. The highest BCUT2D eigenvalue weighted by atomic mass is 79.9. The van der Waals surface area contributed by atoms with E-state index in [9.17, 15) is 0 Å². The summed E-state index contributed by atoms with van der Waals surface area (Å²) in [6.07, 6.45) is 2.94. The number of rotatable bonds is 3. The summed E-state index contributed by atoms with van der Waals surface area (Å²) in [7, 11) is 7.44. The highest BCUT2D eigenvalue weighted by Gasteiger charge is 2.72. The Bertz CT molecular complexity index is 752. The van der Waals surface area contributed by atoms with Gasteiger partial charge in [0.25, 0.3) is 0 Å². The second-order valence-corrected chi connectivity index (χ2v) is 9.22. The van der Waals surface area contributed by atoms with Crippen molar-refractivity contribution in [2.45, 2.75) is 47.4 Å². The zero-order valence-electron chi connectivity index (χ0n) is 15.8. The normalized spacial score (nSPS) is 39.3. The van der Waals surface area contributed by atoms with E-state index >= 15 is 0 Å². The first kappa shape index (κ1) is 17.3. The molecule has 2 fully saturated rings. The molecule has 2 heterocycles. The molecule has 1 aromatic rings. The Labute approximate surface area is 163 Å². The fourth-order valence-electron chi connectivity index (χ4n) is 6.35. The highest BCUT2D eigenvalue weighted by Crippen LogP contribution is 2.66. The number of likely N-dealkylation sites (tertiary alicyclic amines) is 1. The molecule has 0 amide bonds. The number of piperidine rings is 1. The number of benzene rings is 1. The third kappa shape index (κ3) is 1.77. The van der Waals surface area contributed by atoms with Gasteiger partial charge in [0.15, 0.2) is 17.6 Å². The zero-order chi connectivity index (χ0) is 18.3. The van der Waals surface area contributed by atoms with Crippen LogP contribution in [0.15, 0.2) is 12.1 Å². The van der Waals surface area contributed by atoms with E-state index in [2.05, 4.69) is 33.9 Å². The fraction of sp³-hybridized carbons (Fsp3) is 0.700. The predicted molar refractivity (Wildman–Crippen MR) is 101 cm³/mol. The van der Waals surface area contributed by atoms with Gasteiger partial charge in [0.05, 0.1) is 11.9 Å². The molecule has 0 aromatic heterocycles. The van der Waals surface area contributed by atoms with E-state index in [0.29, 0.717) is 12.0 Å². The Kier molecular flexibility index (Phi) is 3.72. The van der Waals surface area contributed by atoms with Gasteiger partial charge < -0.3 is 23.8 Å². The van der Waals surface area contributed by atoms with Crippen LogP contribution in [0.3, 0.4) is 0 Å².